The highest BCUT2D eigenvalue weighted by atomic mass is 16.2. The van der Waals surface area contributed by atoms with Crippen LogP contribution in [0.2, 0.25) is 0 Å². The normalized spacial score (nSPS) is 10.4. The third-order valence-corrected chi connectivity index (χ3v) is 3.10. The van der Waals surface area contributed by atoms with E-state index in [1.165, 1.54) is 6.92 Å². The number of aromatic amines is 1. The number of carbonyl (C=O) groups excluding carboxylic acids is 2. The van der Waals surface area contributed by atoms with E-state index in [1.807, 2.05) is 6.07 Å². The van der Waals surface area contributed by atoms with E-state index in [-0.39, 0.29) is 11.8 Å². The summed E-state index contributed by atoms with van der Waals surface area (Å²) in [5, 5.41) is 5.46. The Kier molecular flexibility index (Phi) is 3.57. The lowest BCUT2D eigenvalue weighted by atomic mass is 10.2. The summed E-state index contributed by atoms with van der Waals surface area (Å²) < 4.78 is 0. The molecule has 0 spiro atoms. The largest absolute Gasteiger partial charge is 0.349 e. The van der Waals surface area contributed by atoms with Crippen LogP contribution in [-0.4, -0.2) is 21.8 Å². The van der Waals surface area contributed by atoms with Crippen LogP contribution in [-0.2, 0) is 4.79 Å². The number of nitrogens with zero attached hydrogens (tertiary/aromatic N) is 1. The number of aromatic nitrogens is 2. The molecule has 6 nitrogen and oxygen atoms in total. The molecule has 0 aliphatic rings. The second-order valence-electron chi connectivity index (χ2n) is 4.83. The molecule has 2 amide bonds. The van der Waals surface area contributed by atoms with Crippen LogP contribution in [0.3, 0.4) is 0 Å². The van der Waals surface area contributed by atoms with Gasteiger partial charge in [0.2, 0.25) is 5.91 Å². The fourth-order valence-electron chi connectivity index (χ4n) is 2.12. The van der Waals surface area contributed by atoms with E-state index in [2.05, 4.69) is 20.6 Å². The minimum atomic E-state index is -0.245. The monoisotopic (exact) mass is 294 g/mol. The smallest absolute Gasteiger partial charge is 0.272 e. The standard InChI is InChI=1S/C16H14N4O2/c1-10(21)18-11-4-6-12(7-5-11)19-16(22)15-9-14-13(20-15)3-2-8-17-14/h2-9,20H,1H3,(H,18,21)(H,19,22). The summed E-state index contributed by atoms with van der Waals surface area (Å²) in [6.45, 7) is 1.44. The molecular weight excluding hydrogens is 280 g/mol. The van der Waals surface area contributed by atoms with Crippen molar-refractivity contribution in [3.05, 3.63) is 54.4 Å². The van der Waals surface area contributed by atoms with Gasteiger partial charge in [0.1, 0.15) is 5.69 Å². The maximum absolute atomic E-state index is 12.2. The Labute approximate surface area is 126 Å². The molecule has 0 saturated carbocycles. The van der Waals surface area contributed by atoms with Gasteiger partial charge in [0.25, 0.3) is 5.91 Å². The lowest BCUT2D eigenvalue weighted by molar-refractivity contribution is -0.114. The average Bonchev–Trinajstić information content (AvgIpc) is 2.93. The van der Waals surface area contributed by atoms with Crippen molar-refractivity contribution in [2.24, 2.45) is 0 Å². The summed E-state index contributed by atoms with van der Waals surface area (Å²) in [5.41, 5.74) is 3.33. The van der Waals surface area contributed by atoms with Crippen LogP contribution in [0.25, 0.3) is 11.0 Å². The summed E-state index contributed by atoms with van der Waals surface area (Å²) in [7, 11) is 0. The van der Waals surface area contributed by atoms with Crippen molar-refractivity contribution < 1.29 is 9.59 Å². The van der Waals surface area contributed by atoms with Crippen molar-refractivity contribution in [2.45, 2.75) is 6.92 Å². The fourth-order valence-corrected chi connectivity index (χ4v) is 2.12. The maximum atomic E-state index is 12.2. The molecule has 3 aromatic rings. The zero-order valence-electron chi connectivity index (χ0n) is 11.9. The van der Waals surface area contributed by atoms with Crippen LogP contribution in [0.4, 0.5) is 11.4 Å². The maximum Gasteiger partial charge on any atom is 0.272 e. The Morgan fingerprint density at radius 1 is 1.05 bits per heavy atom. The first-order valence-corrected chi connectivity index (χ1v) is 6.74. The first kappa shape index (κ1) is 13.8. The number of nitrogens with one attached hydrogen (secondary N) is 3. The van der Waals surface area contributed by atoms with Gasteiger partial charge in [-0.25, -0.2) is 0 Å². The first-order valence-electron chi connectivity index (χ1n) is 6.74. The number of anilines is 2. The molecule has 0 unspecified atom stereocenters. The molecule has 2 heterocycles. The van der Waals surface area contributed by atoms with Gasteiger partial charge in [-0.1, -0.05) is 0 Å². The zero-order valence-corrected chi connectivity index (χ0v) is 11.9. The Morgan fingerprint density at radius 2 is 1.73 bits per heavy atom. The zero-order chi connectivity index (χ0) is 15.5. The first-order chi connectivity index (χ1) is 10.6. The van der Waals surface area contributed by atoms with Gasteiger partial charge in [0.15, 0.2) is 0 Å². The van der Waals surface area contributed by atoms with Crippen LogP contribution >= 0.6 is 0 Å². The van der Waals surface area contributed by atoms with Crippen molar-refractivity contribution in [1.82, 2.24) is 9.97 Å². The highest BCUT2D eigenvalue weighted by Gasteiger charge is 2.10. The Balaban J connectivity index is 1.74. The quantitative estimate of drug-likeness (QED) is 0.694. The summed E-state index contributed by atoms with van der Waals surface area (Å²) >= 11 is 0. The number of amides is 2. The van der Waals surface area contributed by atoms with Gasteiger partial charge in [0, 0.05) is 24.5 Å². The number of pyridine rings is 1. The van der Waals surface area contributed by atoms with Crippen molar-refractivity contribution in [3.8, 4) is 0 Å². The Hall–Kier alpha value is -3.15. The topological polar surface area (TPSA) is 86.9 Å². The minimum absolute atomic E-state index is 0.137. The number of hydrogen-bond donors (Lipinski definition) is 3. The third-order valence-electron chi connectivity index (χ3n) is 3.10. The SMILES string of the molecule is CC(=O)Nc1ccc(NC(=O)c2cc3ncccc3[nH]2)cc1. The molecule has 0 aliphatic heterocycles. The van der Waals surface area contributed by atoms with Crippen LogP contribution in [0.15, 0.2) is 48.7 Å². The second-order valence-corrected chi connectivity index (χ2v) is 4.83. The molecule has 6 heteroatoms. The van der Waals surface area contributed by atoms with E-state index < -0.39 is 0 Å². The molecule has 0 atom stereocenters. The van der Waals surface area contributed by atoms with E-state index in [4.69, 9.17) is 0 Å². The Morgan fingerprint density at radius 3 is 2.36 bits per heavy atom. The van der Waals surface area contributed by atoms with E-state index in [9.17, 15) is 9.59 Å². The summed E-state index contributed by atoms with van der Waals surface area (Å²) in [4.78, 5) is 30.4. The minimum Gasteiger partial charge on any atom is -0.349 e. The van der Waals surface area contributed by atoms with Crippen molar-refractivity contribution >= 4 is 34.2 Å². The fraction of sp³-hybridized carbons (Fsp3) is 0.0625. The van der Waals surface area contributed by atoms with Crippen LogP contribution in [0.1, 0.15) is 17.4 Å². The van der Waals surface area contributed by atoms with Gasteiger partial charge in [-0.05, 0) is 42.5 Å². The lowest BCUT2D eigenvalue weighted by Gasteiger charge is -2.06. The van der Waals surface area contributed by atoms with E-state index in [1.54, 1.807) is 42.6 Å². The summed E-state index contributed by atoms with van der Waals surface area (Å²) in [5.74, 6) is -0.382. The van der Waals surface area contributed by atoms with E-state index in [0.717, 1.165) is 11.0 Å². The molecule has 110 valence electrons. The van der Waals surface area contributed by atoms with E-state index in [0.29, 0.717) is 17.1 Å². The van der Waals surface area contributed by atoms with Crippen LogP contribution in [0, 0.1) is 0 Å². The number of fused-ring (bicyclic) bond motifs is 1. The van der Waals surface area contributed by atoms with Gasteiger partial charge in [-0.2, -0.15) is 0 Å². The number of rotatable bonds is 3. The van der Waals surface area contributed by atoms with Gasteiger partial charge in [0.05, 0.1) is 11.0 Å². The Bertz CT molecular complexity index is 804. The van der Waals surface area contributed by atoms with Crippen LogP contribution < -0.4 is 10.6 Å². The van der Waals surface area contributed by atoms with Gasteiger partial charge in [-0.3, -0.25) is 14.6 Å². The number of carbonyl (C=O) groups is 2. The number of H-pyrrole nitrogens is 1. The lowest BCUT2D eigenvalue weighted by Crippen LogP contribution is -2.12. The van der Waals surface area contributed by atoms with Gasteiger partial charge in [-0.15, -0.1) is 0 Å². The van der Waals surface area contributed by atoms with Crippen molar-refractivity contribution in [1.29, 1.82) is 0 Å². The summed E-state index contributed by atoms with van der Waals surface area (Å²) in [6, 6.07) is 12.3. The average molecular weight is 294 g/mol. The molecule has 0 saturated heterocycles. The van der Waals surface area contributed by atoms with Crippen molar-refractivity contribution in [3.63, 3.8) is 0 Å². The molecule has 1 aromatic carbocycles. The van der Waals surface area contributed by atoms with E-state index >= 15 is 0 Å². The predicted octanol–water partition coefficient (Wildman–Crippen LogP) is 2.77. The molecule has 2 aromatic heterocycles. The van der Waals surface area contributed by atoms with Crippen LogP contribution in [0.5, 0.6) is 0 Å². The highest BCUT2D eigenvalue weighted by molar-refractivity contribution is 6.05. The molecule has 0 fully saturated rings. The predicted molar refractivity (Wildman–Crippen MR) is 84.8 cm³/mol. The summed E-state index contributed by atoms with van der Waals surface area (Å²) in [6.07, 6.45) is 1.68. The molecule has 0 aliphatic carbocycles. The van der Waals surface area contributed by atoms with Crippen molar-refractivity contribution in [2.75, 3.05) is 10.6 Å². The number of hydrogen-bond acceptors (Lipinski definition) is 3. The molecule has 22 heavy (non-hydrogen) atoms. The molecule has 3 N–H and O–H groups in total. The number of benzene rings is 1. The molecule has 0 radical (unpaired) electrons. The van der Waals surface area contributed by atoms with Gasteiger partial charge >= 0.3 is 0 Å². The molecular formula is C16H14N4O2. The molecule has 3 rings (SSSR count). The third kappa shape index (κ3) is 2.95. The molecule has 0 bridgehead atoms. The van der Waals surface area contributed by atoms with Gasteiger partial charge < -0.3 is 15.6 Å². The second kappa shape index (κ2) is 5.69. The highest BCUT2D eigenvalue weighted by Crippen LogP contribution is 2.16.